The van der Waals surface area contributed by atoms with E-state index in [0.717, 1.165) is 33.8 Å². The van der Waals surface area contributed by atoms with Crippen molar-refractivity contribution in [3.63, 3.8) is 0 Å². The second-order valence-corrected chi connectivity index (χ2v) is 5.03. The smallest absolute Gasteiger partial charge is 0.212 e. The Morgan fingerprint density at radius 2 is 2.10 bits per heavy atom. The van der Waals surface area contributed by atoms with Gasteiger partial charge in [0, 0.05) is 25.7 Å². The van der Waals surface area contributed by atoms with Crippen molar-refractivity contribution in [2.75, 3.05) is 19.5 Å². The summed E-state index contributed by atoms with van der Waals surface area (Å²) >= 11 is 3.52. The largest absolute Gasteiger partial charge is 0.481 e. The monoisotopic (exact) mass is 336 g/mol. The highest BCUT2D eigenvalue weighted by Gasteiger charge is 2.10. The van der Waals surface area contributed by atoms with Crippen LogP contribution in [-0.4, -0.2) is 29.1 Å². The van der Waals surface area contributed by atoms with Crippen LogP contribution in [0, 0.1) is 0 Å². The third kappa shape index (κ3) is 3.25. The summed E-state index contributed by atoms with van der Waals surface area (Å²) in [4.78, 5) is 13.3. The van der Waals surface area contributed by atoms with Crippen molar-refractivity contribution in [3.05, 3.63) is 39.9 Å². The fourth-order valence-electron chi connectivity index (χ4n) is 1.84. The third-order valence-corrected chi connectivity index (χ3v) is 3.74. The molecule has 2 heterocycles. The first-order valence-corrected chi connectivity index (χ1v) is 7.19. The minimum Gasteiger partial charge on any atom is -0.481 e. The predicted molar refractivity (Wildman–Crippen MR) is 82.3 cm³/mol. The van der Waals surface area contributed by atoms with Gasteiger partial charge in [0.2, 0.25) is 5.88 Å². The van der Waals surface area contributed by atoms with E-state index < -0.39 is 0 Å². The first-order valence-electron chi connectivity index (χ1n) is 6.39. The van der Waals surface area contributed by atoms with Crippen LogP contribution in [0.1, 0.15) is 24.0 Å². The maximum atomic E-state index is 5.05. The van der Waals surface area contributed by atoms with Crippen LogP contribution in [0.5, 0.6) is 5.88 Å². The molecule has 0 bridgehead atoms. The molecule has 0 aliphatic carbocycles. The SMILES string of the molecule is CCc1nc(Cc2ccc(OC)nc2)nc(NC)c1Br. The minimum atomic E-state index is 0.607. The Balaban J connectivity index is 2.27. The van der Waals surface area contributed by atoms with Gasteiger partial charge in [-0.25, -0.2) is 15.0 Å². The molecule has 0 aliphatic heterocycles. The standard InChI is InChI=1S/C14H17BrN4O/c1-4-10-13(15)14(16-2)19-11(18-10)7-9-5-6-12(20-3)17-8-9/h5-6,8H,4,7H2,1-3H3,(H,16,18,19). The molecule has 0 fully saturated rings. The lowest BCUT2D eigenvalue weighted by Crippen LogP contribution is -2.06. The normalized spacial score (nSPS) is 10.4. The van der Waals surface area contributed by atoms with E-state index in [0.29, 0.717) is 12.3 Å². The van der Waals surface area contributed by atoms with Crippen molar-refractivity contribution in [2.24, 2.45) is 0 Å². The fourth-order valence-corrected chi connectivity index (χ4v) is 2.50. The number of aryl methyl sites for hydroxylation is 1. The minimum absolute atomic E-state index is 0.607. The van der Waals surface area contributed by atoms with Gasteiger partial charge in [0.05, 0.1) is 17.3 Å². The topological polar surface area (TPSA) is 59.9 Å². The Kier molecular flexibility index (Phi) is 4.89. The second kappa shape index (κ2) is 6.65. The molecule has 20 heavy (non-hydrogen) atoms. The Morgan fingerprint density at radius 3 is 2.65 bits per heavy atom. The molecule has 6 heteroatoms. The second-order valence-electron chi connectivity index (χ2n) is 4.24. The molecular formula is C14H17BrN4O. The maximum absolute atomic E-state index is 5.05. The van der Waals surface area contributed by atoms with Crippen molar-refractivity contribution in [1.82, 2.24) is 15.0 Å². The summed E-state index contributed by atoms with van der Waals surface area (Å²) in [5, 5.41) is 3.08. The van der Waals surface area contributed by atoms with Gasteiger partial charge in [-0.05, 0) is 27.9 Å². The Hall–Kier alpha value is -1.69. The van der Waals surface area contributed by atoms with E-state index in [1.165, 1.54) is 0 Å². The average Bonchev–Trinajstić information content (AvgIpc) is 2.49. The molecule has 0 saturated carbocycles. The van der Waals surface area contributed by atoms with E-state index in [1.54, 1.807) is 13.3 Å². The molecule has 0 atom stereocenters. The number of nitrogens with one attached hydrogen (secondary N) is 1. The zero-order valence-electron chi connectivity index (χ0n) is 11.8. The highest BCUT2D eigenvalue weighted by Crippen LogP contribution is 2.24. The summed E-state index contributed by atoms with van der Waals surface area (Å²) in [5.74, 6) is 2.20. The van der Waals surface area contributed by atoms with Crippen LogP contribution < -0.4 is 10.1 Å². The number of nitrogens with zero attached hydrogens (tertiary/aromatic N) is 3. The maximum Gasteiger partial charge on any atom is 0.212 e. The molecule has 0 aromatic carbocycles. The van der Waals surface area contributed by atoms with Gasteiger partial charge in [-0.2, -0.15) is 0 Å². The zero-order chi connectivity index (χ0) is 14.5. The highest BCUT2D eigenvalue weighted by molar-refractivity contribution is 9.10. The van der Waals surface area contributed by atoms with Gasteiger partial charge in [-0.3, -0.25) is 0 Å². The lowest BCUT2D eigenvalue weighted by atomic mass is 10.2. The number of rotatable bonds is 5. The molecule has 0 aliphatic rings. The summed E-state index contributed by atoms with van der Waals surface area (Å²) in [6, 6.07) is 3.82. The van der Waals surface area contributed by atoms with Crippen LogP contribution in [0.4, 0.5) is 5.82 Å². The van der Waals surface area contributed by atoms with E-state index >= 15 is 0 Å². The third-order valence-electron chi connectivity index (χ3n) is 2.91. The molecule has 0 radical (unpaired) electrons. The summed E-state index contributed by atoms with van der Waals surface area (Å²) < 4.78 is 5.98. The zero-order valence-corrected chi connectivity index (χ0v) is 13.4. The van der Waals surface area contributed by atoms with E-state index in [9.17, 15) is 0 Å². The summed E-state index contributed by atoms with van der Waals surface area (Å²) in [5.41, 5.74) is 2.05. The van der Waals surface area contributed by atoms with E-state index in [1.807, 2.05) is 19.2 Å². The van der Waals surface area contributed by atoms with Gasteiger partial charge in [0.25, 0.3) is 0 Å². The van der Waals surface area contributed by atoms with Crippen molar-refractivity contribution in [1.29, 1.82) is 0 Å². The first-order chi connectivity index (χ1) is 9.67. The number of ether oxygens (including phenoxy) is 1. The van der Waals surface area contributed by atoms with Crippen LogP contribution >= 0.6 is 15.9 Å². The Bertz CT molecular complexity index is 561. The number of anilines is 1. The quantitative estimate of drug-likeness (QED) is 0.909. The predicted octanol–water partition coefficient (Wildman–Crippen LogP) is 2.84. The van der Waals surface area contributed by atoms with Gasteiger partial charge >= 0.3 is 0 Å². The summed E-state index contributed by atoms with van der Waals surface area (Å²) in [7, 11) is 3.46. The molecule has 0 spiro atoms. The van der Waals surface area contributed by atoms with Crippen LogP contribution in [0.3, 0.4) is 0 Å². The molecule has 106 valence electrons. The molecule has 1 N–H and O–H groups in total. The van der Waals surface area contributed by atoms with Crippen molar-refractivity contribution in [3.8, 4) is 5.88 Å². The van der Waals surface area contributed by atoms with Gasteiger partial charge in [0.1, 0.15) is 11.6 Å². The molecule has 0 saturated heterocycles. The molecule has 0 unspecified atom stereocenters. The van der Waals surface area contributed by atoms with Crippen molar-refractivity contribution in [2.45, 2.75) is 19.8 Å². The van der Waals surface area contributed by atoms with Crippen LogP contribution in [0.2, 0.25) is 0 Å². The van der Waals surface area contributed by atoms with Crippen molar-refractivity contribution >= 4 is 21.7 Å². The lowest BCUT2D eigenvalue weighted by molar-refractivity contribution is 0.397. The molecule has 5 nitrogen and oxygen atoms in total. The number of aromatic nitrogens is 3. The van der Waals surface area contributed by atoms with Crippen LogP contribution in [0.25, 0.3) is 0 Å². The summed E-state index contributed by atoms with van der Waals surface area (Å²) in [6.07, 6.45) is 3.28. The number of hydrogen-bond donors (Lipinski definition) is 1. The van der Waals surface area contributed by atoms with Gasteiger partial charge in [-0.15, -0.1) is 0 Å². The van der Waals surface area contributed by atoms with Crippen molar-refractivity contribution < 1.29 is 4.74 Å². The molecule has 2 rings (SSSR count). The lowest BCUT2D eigenvalue weighted by Gasteiger charge is -2.10. The highest BCUT2D eigenvalue weighted by atomic mass is 79.9. The fraction of sp³-hybridized carbons (Fsp3) is 0.357. The van der Waals surface area contributed by atoms with Gasteiger partial charge in [-0.1, -0.05) is 13.0 Å². The van der Waals surface area contributed by atoms with Gasteiger partial charge in [0.15, 0.2) is 0 Å². The molecule has 2 aromatic rings. The number of pyridine rings is 1. The summed E-state index contributed by atoms with van der Waals surface area (Å²) in [6.45, 7) is 2.07. The Morgan fingerprint density at radius 1 is 1.30 bits per heavy atom. The molecule has 2 aromatic heterocycles. The first kappa shape index (κ1) is 14.7. The Labute approximate surface area is 127 Å². The van der Waals surface area contributed by atoms with Crippen LogP contribution in [0.15, 0.2) is 22.8 Å². The van der Waals surface area contributed by atoms with E-state index in [-0.39, 0.29) is 0 Å². The number of hydrogen-bond acceptors (Lipinski definition) is 5. The van der Waals surface area contributed by atoms with Gasteiger partial charge < -0.3 is 10.1 Å². The number of halogens is 1. The van der Waals surface area contributed by atoms with E-state index in [4.69, 9.17) is 4.74 Å². The number of methoxy groups -OCH3 is 1. The van der Waals surface area contributed by atoms with Crippen LogP contribution in [-0.2, 0) is 12.8 Å². The molecule has 0 amide bonds. The van der Waals surface area contributed by atoms with E-state index in [2.05, 4.69) is 43.1 Å². The molecular weight excluding hydrogens is 320 g/mol. The average molecular weight is 337 g/mol.